The van der Waals surface area contributed by atoms with Crippen LogP contribution in [0, 0.1) is 0 Å². The molecule has 38 heavy (non-hydrogen) atoms. The molecule has 0 aromatic rings. The van der Waals surface area contributed by atoms with Crippen molar-refractivity contribution in [1.29, 1.82) is 0 Å². The molecule has 0 aliphatic carbocycles. The van der Waals surface area contributed by atoms with E-state index in [-0.39, 0.29) is 50.0 Å². The van der Waals surface area contributed by atoms with Crippen molar-refractivity contribution >= 4 is 73.6 Å². The minimum absolute atomic E-state index is 0.0823. The fraction of sp³-hybridized carbons (Fsp3) is 0.556. The average molecular weight is 676 g/mol. The number of nitrogens with one attached hydrogen (secondary N) is 6. The molecule has 0 radical (unpaired) electrons. The molecule has 0 rings (SSSR count). The number of aliphatic carboxylic acids is 2. The van der Waals surface area contributed by atoms with Gasteiger partial charge in [0.25, 0.3) is 0 Å². The summed E-state index contributed by atoms with van der Waals surface area (Å²) in [6.07, 6.45) is 0. The summed E-state index contributed by atoms with van der Waals surface area (Å²) in [5.41, 5.74) is 10.3. The number of hydrogen-bond acceptors (Lipinski definition) is 10. The van der Waals surface area contributed by atoms with E-state index in [9.17, 15) is 38.4 Å². The first-order valence-corrected chi connectivity index (χ1v) is 17.4. The van der Waals surface area contributed by atoms with Gasteiger partial charge < -0.3 is 0 Å². The fourth-order valence-corrected chi connectivity index (χ4v) is 9.19. The predicted molar refractivity (Wildman–Crippen MR) is 130 cm³/mol. The molecule has 0 aliphatic heterocycles. The summed E-state index contributed by atoms with van der Waals surface area (Å²) in [7, 11) is 0. The van der Waals surface area contributed by atoms with Crippen molar-refractivity contribution in [1.82, 2.24) is 31.9 Å². The number of rotatable bonds is 19. The third-order valence-electron chi connectivity index (χ3n) is 3.95. The van der Waals surface area contributed by atoms with Gasteiger partial charge in [-0.25, -0.2) is 0 Å². The van der Waals surface area contributed by atoms with Crippen LogP contribution in [0.5, 0.6) is 0 Å². The van der Waals surface area contributed by atoms with E-state index in [4.69, 9.17) is 21.7 Å². The third-order valence-corrected chi connectivity index (χ3v) is 11.1. The number of carbonyl (C=O) groups is 8. The normalized spacial score (nSPS) is 11.7. The van der Waals surface area contributed by atoms with E-state index in [1.165, 1.54) is 0 Å². The Morgan fingerprint density at radius 1 is 0.553 bits per heavy atom. The Labute approximate surface area is 227 Å². The summed E-state index contributed by atoms with van der Waals surface area (Å²) in [6.45, 7) is -3.00. The number of carbonyl (C=O) groups excluding carboxylic acids is 6. The molecule has 0 saturated heterocycles. The number of carboxylic acid groups (broad SMARTS) is 2. The van der Waals surface area contributed by atoms with Gasteiger partial charge in [0.1, 0.15) is 0 Å². The number of nitrogens with two attached hydrogens (primary N) is 2. The van der Waals surface area contributed by atoms with Crippen LogP contribution < -0.4 is 43.4 Å². The Bertz CT molecular complexity index is 821. The molecule has 0 aromatic heterocycles. The maximum atomic E-state index is 12.4. The molecule has 2 atom stereocenters. The van der Waals surface area contributed by atoms with Crippen LogP contribution in [-0.2, 0) is 38.4 Å². The first-order valence-electron chi connectivity index (χ1n) is 10.6. The van der Waals surface area contributed by atoms with Crippen LogP contribution in [-0.4, -0.2) is 135 Å². The van der Waals surface area contributed by atoms with Crippen LogP contribution in [0.15, 0.2) is 0 Å². The van der Waals surface area contributed by atoms with Gasteiger partial charge in [-0.15, -0.1) is 0 Å². The Kier molecular flexibility index (Phi) is 18.1. The molecule has 20 heteroatoms. The van der Waals surface area contributed by atoms with Gasteiger partial charge in [-0.2, -0.15) is 0 Å². The van der Waals surface area contributed by atoms with E-state index in [1.807, 2.05) is 0 Å². The number of hydrogen-bond donors (Lipinski definition) is 10. The van der Waals surface area contributed by atoms with Crippen molar-refractivity contribution < 1.29 is 48.6 Å². The monoisotopic (exact) mass is 678 g/mol. The Balaban J connectivity index is 5.11. The zero-order chi connectivity index (χ0) is 29.1. The molecule has 0 bridgehead atoms. The summed E-state index contributed by atoms with van der Waals surface area (Å²) >= 11 is -0.758. The van der Waals surface area contributed by atoms with Crippen molar-refractivity contribution in [2.45, 2.75) is 22.7 Å². The van der Waals surface area contributed by atoms with Crippen LogP contribution in [0.25, 0.3) is 0 Å². The van der Waals surface area contributed by atoms with E-state index < -0.39 is 85.6 Å². The van der Waals surface area contributed by atoms with Gasteiger partial charge in [-0.3, -0.25) is 0 Å². The average Bonchev–Trinajstić information content (AvgIpc) is 2.88. The second-order valence-corrected chi connectivity index (χ2v) is 14.5. The molecular formula is C18H30N8O10Se2. The zero-order valence-electron chi connectivity index (χ0n) is 19.9. The van der Waals surface area contributed by atoms with E-state index in [1.54, 1.807) is 0 Å². The van der Waals surface area contributed by atoms with Gasteiger partial charge >= 0.3 is 228 Å². The maximum absolute atomic E-state index is 12.4. The van der Waals surface area contributed by atoms with Crippen molar-refractivity contribution in [2.24, 2.45) is 11.5 Å². The predicted octanol–water partition coefficient (Wildman–Crippen LogP) is -7.33. The summed E-state index contributed by atoms with van der Waals surface area (Å²) in [4.78, 5) is 92.8. The van der Waals surface area contributed by atoms with E-state index in [0.717, 1.165) is 0 Å². The molecule has 0 aliphatic rings. The van der Waals surface area contributed by atoms with Crippen molar-refractivity contribution in [3.05, 3.63) is 0 Å². The summed E-state index contributed by atoms with van der Waals surface area (Å²) < 4.78 is 0. The van der Waals surface area contributed by atoms with Gasteiger partial charge in [0, 0.05) is 0 Å². The van der Waals surface area contributed by atoms with Crippen molar-refractivity contribution in [3.63, 3.8) is 0 Å². The molecule has 18 nitrogen and oxygen atoms in total. The molecule has 214 valence electrons. The fourth-order valence-electron chi connectivity index (χ4n) is 2.16. The zero-order valence-corrected chi connectivity index (χ0v) is 23.4. The van der Waals surface area contributed by atoms with Crippen LogP contribution in [0.3, 0.4) is 0 Å². The summed E-state index contributed by atoms with van der Waals surface area (Å²) in [5.74, 6) is -6.80. The molecule has 0 spiro atoms. The molecule has 0 saturated carbocycles. The number of amides is 6. The standard InChI is InChI=1S/C18H30N8O10Se2/c19-1-11(27)21-3-13(29)25-9(17(35)23-5-15(31)32)7-37-38-8-10(18(36)24-6-16(33)34)26-14(30)4-22-12(28)2-20/h9-10H,1-8,19-20H2,(H,21,27)(H,22,28)(H,23,35)(H,24,36)(H,25,29)(H,26,30)(H,31,32)(H,33,34)/t9-,10-/m0/s1. The van der Waals surface area contributed by atoms with Crippen molar-refractivity contribution in [3.8, 4) is 0 Å². The Hall–Kier alpha value is -3.28. The molecule has 12 N–H and O–H groups in total. The first-order chi connectivity index (χ1) is 17.9. The topological polar surface area (TPSA) is 301 Å². The molecule has 0 aromatic carbocycles. The SMILES string of the molecule is NCC(=O)NCC(=O)N[C@@H](C[Se][Se]C[C@H](NC(=O)CNC(=O)CN)C(=O)NCC(=O)O)C(=O)NCC(=O)O. The Morgan fingerprint density at radius 2 is 0.895 bits per heavy atom. The quantitative estimate of drug-likeness (QED) is 0.0451. The molecule has 0 unspecified atom stereocenters. The van der Waals surface area contributed by atoms with Crippen LogP contribution in [0.1, 0.15) is 0 Å². The van der Waals surface area contributed by atoms with E-state index in [0.29, 0.717) is 0 Å². The second-order valence-electron chi connectivity index (χ2n) is 6.99. The van der Waals surface area contributed by atoms with Gasteiger partial charge in [-0.05, 0) is 0 Å². The Morgan fingerprint density at radius 3 is 1.18 bits per heavy atom. The van der Waals surface area contributed by atoms with Crippen LogP contribution in [0.2, 0.25) is 10.6 Å². The molecule has 0 fully saturated rings. The van der Waals surface area contributed by atoms with Crippen LogP contribution in [0.4, 0.5) is 0 Å². The molecule has 0 heterocycles. The minimum atomic E-state index is -1.30. The summed E-state index contributed by atoms with van der Waals surface area (Å²) in [5, 5.41) is 31.2. The van der Waals surface area contributed by atoms with Gasteiger partial charge in [-0.1, -0.05) is 0 Å². The first kappa shape index (κ1) is 34.7. The van der Waals surface area contributed by atoms with Gasteiger partial charge in [0.2, 0.25) is 0 Å². The number of carboxylic acids is 2. The van der Waals surface area contributed by atoms with Gasteiger partial charge in [0.05, 0.1) is 0 Å². The molecular weight excluding hydrogens is 646 g/mol. The van der Waals surface area contributed by atoms with Gasteiger partial charge in [0.15, 0.2) is 0 Å². The van der Waals surface area contributed by atoms with Crippen LogP contribution >= 0.6 is 0 Å². The third kappa shape index (κ3) is 17.2. The van der Waals surface area contributed by atoms with Crippen molar-refractivity contribution in [2.75, 3.05) is 39.3 Å². The van der Waals surface area contributed by atoms with E-state index >= 15 is 0 Å². The molecule has 6 amide bonds. The second kappa shape index (κ2) is 19.8. The van der Waals surface area contributed by atoms with E-state index in [2.05, 4.69) is 31.9 Å². The summed E-state index contributed by atoms with van der Waals surface area (Å²) in [6, 6.07) is -2.28.